The highest BCUT2D eigenvalue weighted by atomic mass is 16.1. The van der Waals surface area contributed by atoms with E-state index in [-0.39, 0.29) is 11.8 Å². The summed E-state index contributed by atoms with van der Waals surface area (Å²) in [5.41, 5.74) is 0. The van der Waals surface area contributed by atoms with Gasteiger partial charge in [0.2, 0.25) is 0 Å². The van der Waals surface area contributed by atoms with Crippen molar-refractivity contribution < 1.29 is 4.79 Å². The molecule has 0 radical (unpaired) electrons. The van der Waals surface area contributed by atoms with Gasteiger partial charge in [-0.05, 0) is 12.8 Å². The number of hydrogen-bond donors (Lipinski definition) is 0. The Labute approximate surface area is 82.9 Å². The van der Waals surface area contributed by atoms with Gasteiger partial charge in [0.05, 0.1) is 0 Å². The molecule has 0 bridgehead atoms. The Balaban J connectivity index is 3.69. The van der Waals surface area contributed by atoms with E-state index in [9.17, 15) is 4.79 Å². The van der Waals surface area contributed by atoms with Crippen molar-refractivity contribution in [3.05, 3.63) is 0 Å². The summed E-state index contributed by atoms with van der Waals surface area (Å²) >= 11 is 0. The van der Waals surface area contributed by atoms with Crippen molar-refractivity contribution in [2.45, 2.75) is 59.8 Å². The number of hydrogen-bond acceptors (Lipinski definition) is 1. The van der Waals surface area contributed by atoms with Crippen LogP contribution in [0.15, 0.2) is 0 Å². The van der Waals surface area contributed by atoms with E-state index in [0.717, 1.165) is 12.8 Å². The fourth-order valence-electron chi connectivity index (χ4n) is 1.53. The smallest absolute Gasteiger partial charge is 0.138 e. The zero-order valence-electron chi connectivity index (χ0n) is 9.60. The van der Waals surface area contributed by atoms with Crippen LogP contribution in [-0.4, -0.2) is 5.78 Å². The molecule has 0 aliphatic heterocycles. The highest BCUT2D eigenvalue weighted by molar-refractivity contribution is 5.82. The zero-order chi connectivity index (χ0) is 10.3. The van der Waals surface area contributed by atoms with Crippen molar-refractivity contribution in [2.24, 2.45) is 11.8 Å². The van der Waals surface area contributed by atoms with E-state index < -0.39 is 0 Å². The van der Waals surface area contributed by atoms with Crippen LogP contribution in [0, 0.1) is 11.8 Å². The van der Waals surface area contributed by atoms with Crippen molar-refractivity contribution >= 4 is 5.78 Å². The number of carbonyl (C=O) groups excluding carboxylic acids is 1. The lowest BCUT2D eigenvalue weighted by molar-refractivity contribution is -0.126. The number of rotatable bonds is 7. The summed E-state index contributed by atoms with van der Waals surface area (Å²) in [6.45, 7) is 8.39. The van der Waals surface area contributed by atoms with Gasteiger partial charge in [-0.25, -0.2) is 0 Å². The van der Waals surface area contributed by atoms with Crippen molar-refractivity contribution in [1.29, 1.82) is 0 Å². The molecule has 0 aliphatic carbocycles. The van der Waals surface area contributed by atoms with Crippen LogP contribution in [0.3, 0.4) is 0 Å². The van der Waals surface area contributed by atoms with Crippen LogP contribution in [0.25, 0.3) is 0 Å². The largest absolute Gasteiger partial charge is 0.299 e. The normalized spacial score (nSPS) is 15.4. The third-order valence-corrected chi connectivity index (χ3v) is 2.82. The quantitative estimate of drug-likeness (QED) is 0.550. The maximum Gasteiger partial charge on any atom is 0.138 e. The molecule has 0 fully saturated rings. The average molecular weight is 184 g/mol. The van der Waals surface area contributed by atoms with E-state index in [1.165, 1.54) is 19.3 Å². The molecule has 0 aromatic heterocycles. The molecule has 13 heavy (non-hydrogen) atoms. The fourth-order valence-corrected chi connectivity index (χ4v) is 1.53. The minimum absolute atomic E-state index is 0.261. The lowest BCUT2D eigenvalue weighted by Crippen LogP contribution is -2.18. The third-order valence-electron chi connectivity index (χ3n) is 2.82. The third kappa shape index (κ3) is 5.07. The van der Waals surface area contributed by atoms with Crippen LogP contribution in [0.1, 0.15) is 59.8 Å². The first-order chi connectivity index (χ1) is 6.13. The summed E-state index contributed by atoms with van der Waals surface area (Å²) in [5, 5.41) is 0. The Morgan fingerprint density at radius 1 is 1.08 bits per heavy atom. The maximum absolute atomic E-state index is 11.7. The first-order valence-corrected chi connectivity index (χ1v) is 5.67. The maximum atomic E-state index is 11.7. The molecule has 2 unspecified atom stereocenters. The van der Waals surface area contributed by atoms with Crippen molar-refractivity contribution in [3.8, 4) is 0 Å². The standard InChI is InChI=1S/C12H24O/c1-5-7-8-9-11(4)12(13)10(3)6-2/h10-11H,5-9H2,1-4H3. The molecule has 0 amide bonds. The molecule has 78 valence electrons. The van der Waals surface area contributed by atoms with Gasteiger partial charge < -0.3 is 0 Å². The summed E-state index contributed by atoms with van der Waals surface area (Å²) in [5.74, 6) is 0.997. The van der Waals surface area contributed by atoms with Crippen LogP contribution in [0.2, 0.25) is 0 Å². The van der Waals surface area contributed by atoms with Crippen LogP contribution >= 0.6 is 0 Å². The van der Waals surface area contributed by atoms with Gasteiger partial charge in [0, 0.05) is 11.8 Å². The van der Waals surface area contributed by atoms with Gasteiger partial charge in [0.1, 0.15) is 5.78 Å². The summed E-state index contributed by atoms with van der Waals surface area (Å²) in [6.07, 6.45) is 5.77. The molecular formula is C12H24O. The molecule has 1 heteroatoms. The van der Waals surface area contributed by atoms with Gasteiger partial charge in [-0.3, -0.25) is 4.79 Å². The van der Waals surface area contributed by atoms with E-state index >= 15 is 0 Å². The molecule has 0 spiro atoms. The van der Waals surface area contributed by atoms with E-state index in [1.54, 1.807) is 0 Å². The second-order valence-corrected chi connectivity index (χ2v) is 4.11. The zero-order valence-corrected chi connectivity index (χ0v) is 9.60. The van der Waals surface area contributed by atoms with Crippen molar-refractivity contribution in [3.63, 3.8) is 0 Å². The van der Waals surface area contributed by atoms with E-state index in [4.69, 9.17) is 0 Å². The minimum Gasteiger partial charge on any atom is -0.299 e. The minimum atomic E-state index is 0.261. The molecule has 2 atom stereocenters. The van der Waals surface area contributed by atoms with E-state index in [2.05, 4.69) is 20.8 Å². The van der Waals surface area contributed by atoms with Gasteiger partial charge >= 0.3 is 0 Å². The Hall–Kier alpha value is -0.330. The molecule has 0 aliphatic rings. The Kier molecular flexibility index (Phi) is 6.93. The van der Waals surface area contributed by atoms with Gasteiger partial charge in [-0.2, -0.15) is 0 Å². The van der Waals surface area contributed by atoms with Gasteiger partial charge in [-0.15, -0.1) is 0 Å². The lowest BCUT2D eigenvalue weighted by Gasteiger charge is -2.14. The van der Waals surface area contributed by atoms with Crippen LogP contribution in [0.4, 0.5) is 0 Å². The van der Waals surface area contributed by atoms with Crippen molar-refractivity contribution in [1.82, 2.24) is 0 Å². The van der Waals surface area contributed by atoms with E-state index in [1.807, 2.05) is 6.92 Å². The molecule has 0 rings (SSSR count). The second-order valence-electron chi connectivity index (χ2n) is 4.11. The summed E-state index contributed by atoms with van der Waals surface area (Å²) in [6, 6.07) is 0. The molecule has 0 N–H and O–H groups in total. The summed E-state index contributed by atoms with van der Waals surface area (Å²) in [7, 11) is 0. The summed E-state index contributed by atoms with van der Waals surface area (Å²) < 4.78 is 0. The lowest BCUT2D eigenvalue weighted by atomic mass is 9.90. The summed E-state index contributed by atoms with van der Waals surface area (Å²) in [4.78, 5) is 11.7. The van der Waals surface area contributed by atoms with Crippen LogP contribution < -0.4 is 0 Å². The number of carbonyl (C=O) groups is 1. The first kappa shape index (κ1) is 12.7. The first-order valence-electron chi connectivity index (χ1n) is 5.67. The molecule has 0 saturated heterocycles. The highest BCUT2D eigenvalue weighted by Crippen LogP contribution is 2.16. The Morgan fingerprint density at radius 3 is 2.15 bits per heavy atom. The fraction of sp³-hybridized carbons (Fsp3) is 0.917. The monoisotopic (exact) mass is 184 g/mol. The van der Waals surface area contributed by atoms with Crippen molar-refractivity contribution in [2.75, 3.05) is 0 Å². The van der Waals surface area contributed by atoms with Gasteiger partial charge in [-0.1, -0.05) is 47.0 Å². The topological polar surface area (TPSA) is 17.1 Å². The number of Topliss-reactive ketones (excluding diaryl/α,β-unsaturated/α-hetero) is 1. The Bertz CT molecular complexity index is 140. The van der Waals surface area contributed by atoms with Gasteiger partial charge in [0.25, 0.3) is 0 Å². The molecule has 0 heterocycles. The molecular weight excluding hydrogens is 160 g/mol. The predicted octanol–water partition coefficient (Wildman–Crippen LogP) is 3.82. The van der Waals surface area contributed by atoms with Crippen LogP contribution in [-0.2, 0) is 4.79 Å². The predicted molar refractivity (Wildman–Crippen MR) is 57.8 cm³/mol. The SMILES string of the molecule is CCCCCC(C)C(=O)C(C)CC. The molecule has 0 saturated carbocycles. The average Bonchev–Trinajstić information content (AvgIpc) is 2.15. The molecule has 1 nitrogen and oxygen atoms in total. The number of unbranched alkanes of at least 4 members (excludes halogenated alkanes) is 2. The Morgan fingerprint density at radius 2 is 1.69 bits per heavy atom. The van der Waals surface area contributed by atoms with Gasteiger partial charge in [0.15, 0.2) is 0 Å². The molecule has 0 aromatic carbocycles. The second kappa shape index (κ2) is 7.11. The number of ketones is 1. The molecule has 0 aromatic rings. The van der Waals surface area contributed by atoms with E-state index in [0.29, 0.717) is 5.78 Å². The van der Waals surface area contributed by atoms with Crippen LogP contribution in [0.5, 0.6) is 0 Å². The highest BCUT2D eigenvalue weighted by Gasteiger charge is 2.17.